The van der Waals surface area contributed by atoms with Crippen molar-refractivity contribution in [3.8, 4) is 0 Å². The van der Waals surface area contributed by atoms with E-state index < -0.39 is 10.2 Å². The van der Waals surface area contributed by atoms with Gasteiger partial charge in [0.1, 0.15) is 0 Å². The molecule has 1 aliphatic heterocycles. The van der Waals surface area contributed by atoms with Crippen molar-refractivity contribution < 1.29 is 8.42 Å². The first-order valence-corrected chi connectivity index (χ1v) is 9.95. The maximum absolute atomic E-state index is 12.4. The topological polar surface area (TPSA) is 61.4 Å². The zero-order valence-electron chi connectivity index (χ0n) is 13.3. The van der Waals surface area contributed by atoms with Crippen molar-refractivity contribution in [2.45, 2.75) is 51.4 Å². The lowest BCUT2D eigenvalue weighted by Gasteiger charge is -2.32. The second-order valence-electron chi connectivity index (χ2n) is 6.62. The Hall–Kier alpha value is -0.170. The first-order valence-electron chi connectivity index (χ1n) is 8.51. The van der Waals surface area contributed by atoms with Crippen LogP contribution >= 0.6 is 0 Å². The van der Waals surface area contributed by atoms with Gasteiger partial charge in [0, 0.05) is 19.6 Å². The van der Waals surface area contributed by atoms with Crippen molar-refractivity contribution in [3.05, 3.63) is 0 Å². The van der Waals surface area contributed by atoms with Crippen LogP contribution < -0.4 is 10.0 Å². The quantitative estimate of drug-likeness (QED) is 0.751. The molecule has 1 aliphatic carbocycles. The summed E-state index contributed by atoms with van der Waals surface area (Å²) in [6, 6.07) is 0. The summed E-state index contributed by atoms with van der Waals surface area (Å²) in [5, 5.41) is 3.15. The molecular formula is C15H31N3O2S. The smallest absolute Gasteiger partial charge is 0.279 e. The van der Waals surface area contributed by atoms with E-state index >= 15 is 0 Å². The van der Waals surface area contributed by atoms with Crippen LogP contribution in [-0.2, 0) is 10.2 Å². The van der Waals surface area contributed by atoms with E-state index in [1.165, 1.54) is 32.1 Å². The second-order valence-corrected chi connectivity index (χ2v) is 8.37. The summed E-state index contributed by atoms with van der Waals surface area (Å²) in [7, 11) is -1.35. The van der Waals surface area contributed by atoms with Gasteiger partial charge in [-0.15, -0.1) is 0 Å². The van der Waals surface area contributed by atoms with Crippen LogP contribution in [0.3, 0.4) is 0 Å². The van der Waals surface area contributed by atoms with Crippen LogP contribution in [0.5, 0.6) is 0 Å². The molecule has 0 aromatic carbocycles. The third kappa shape index (κ3) is 5.51. The van der Waals surface area contributed by atoms with E-state index in [-0.39, 0.29) is 0 Å². The second kappa shape index (κ2) is 8.46. The maximum atomic E-state index is 12.4. The highest BCUT2D eigenvalue weighted by atomic mass is 32.2. The number of nitrogens with zero attached hydrogens (tertiary/aromatic N) is 1. The Kier molecular flexibility index (Phi) is 6.92. The van der Waals surface area contributed by atoms with Gasteiger partial charge >= 0.3 is 0 Å². The molecule has 6 heteroatoms. The van der Waals surface area contributed by atoms with Gasteiger partial charge in [-0.2, -0.15) is 12.7 Å². The molecule has 2 aliphatic rings. The van der Waals surface area contributed by atoms with Gasteiger partial charge in [0.15, 0.2) is 0 Å². The highest BCUT2D eigenvalue weighted by Crippen LogP contribution is 2.26. The predicted octanol–water partition coefficient (Wildman–Crippen LogP) is 1.72. The number of nitrogens with one attached hydrogen (secondary N) is 2. The average molecular weight is 317 g/mol. The van der Waals surface area contributed by atoms with Crippen LogP contribution in [0.1, 0.15) is 51.4 Å². The molecule has 2 fully saturated rings. The molecule has 21 heavy (non-hydrogen) atoms. The zero-order chi connectivity index (χ0) is 15.1. The molecule has 124 valence electrons. The lowest BCUT2D eigenvalue weighted by atomic mass is 9.87. The highest BCUT2D eigenvalue weighted by molar-refractivity contribution is 7.87. The van der Waals surface area contributed by atoms with E-state index in [1.54, 1.807) is 4.31 Å². The Morgan fingerprint density at radius 3 is 2.48 bits per heavy atom. The van der Waals surface area contributed by atoms with E-state index in [0.29, 0.717) is 25.6 Å². The van der Waals surface area contributed by atoms with E-state index in [9.17, 15) is 8.42 Å². The van der Waals surface area contributed by atoms with Crippen LogP contribution in [0.15, 0.2) is 0 Å². The van der Waals surface area contributed by atoms with Gasteiger partial charge in [0.2, 0.25) is 0 Å². The number of hydrogen-bond donors (Lipinski definition) is 2. The van der Waals surface area contributed by atoms with Crippen LogP contribution in [0.2, 0.25) is 0 Å². The highest BCUT2D eigenvalue weighted by Gasteiger charge is 2.28. The van der Waals surface area contributed by atoms with Crippen LogP contribution in [0.4, 0.5) is 0 Å². The summed E-state index contributed by atoms with van der Waals surface area (Å²) in [6.45, 7) is 2.81. The molecule has 0 amide bonds. The Morgan fingerprint density at radius 1 is 1.05 bits per heavy atom. The van der Waals surface area contributed by atoms with E-state index in [1.807, 2.05) is 7.05 Å². The first-order chi connectivity index (χ1) is 10.1. The molecule has 1 heterocycles. The minimum atomic E-state index is -3.28. The summed E-state index contributed by atoms with van der Waals surface area (Å²) in [6.07, 6.45) is 9.61. The van der Waals surface area contributed by atoms with Gasteiger partial charge in [-0.3, -0.25) is 0 Å². The predicted molar refractivity (Wildman–Crippen MR) is 86.3 cm³/mol. The van der Waals surface area contributed by atoms with Crippen molar-refractivity contribution in [1.82, 2.24) is 14.3 Å². The standard InChI is InChI=1S/C15H31N3O2S/c1-16-12-15-8-5-11-18(13-15)21(19,20)17-10-9-14-6-3-2-4-7-14/h14-17H,2-13H2,1H3. The van der Waals surface area contributed by atoms with Crippen LogP contribution in [0.25, 0.3) is 0 Å². The minimum absolute atomic E-state index is 0.443. The SMILES string of the molecule is CNCC1CCCN(S(=O)(=O)NCCC2CCCCC2)C1. The van der Waals surface area contributed by atoms with E-state index in [0.717, 1.165) is 31.7 Å². The maximum Gasteiger partial charge on any atom is 0.279 e. The fraction of sp³-hybridized carbons (Fsp3) is 1.00. The Balaban J connectivity index is 1.75. The fourth-order valence-corrected chi connectivity index (χ4v) is 4.99. The molecule has 5 nitrogen and oxygen atoms in total. The third-order valence-electron chi connectivity index (χ3n) is 4.88. The molecule has 0 aromatic heterocycles. The van der Waals surface area contributed by atoms with Gasteiger partial charge in [0.25, 0.3) is 10.2 Å². The van der Waals surface area contributed by atoms with E-state index in [4.69, 9.17) is 0 Å². The van der Waals surface area contributed by atoms with Crippen LogP contribution in [-0.4, -0.2) is 45.9 Å². The molecule has 0 radical (unpaired) electrons. The molecule has 0 bridgehead atoms. The van der Waals surface area contributed by atoms with Crippen molar-refractivity contribution in [3.63, 3.8) is 0 Å². The number of piperidine rings is 1. The van der Waals surface area contributed by atoms with Crippen LogP contribution in [0, 0.1) is 11.8 Å². The summed E-state index contributed by atoms with van der Waals surface area (Å²) in [5.74, 6) is 1.17. The summed E-state index contributed by atoms with van der Waals surface area (Å²) < 4.78 is 29.2. The van der Waals surface area contributed by atoms with Crippen molar-refractivity contribution >= 4 is 10.2 Å². The normalized spacial score (nSPS) is 26.0. The molecule has 0 spiro atoms. The lowest BCUT2D eigenvalue weighted by molar-refractivity contribution is 0.260. The lowest BCUT2D eigenvalue weighted by Crippen LogP contribution is -2.47. The molecule has 0 aromatic rings. The Bertz CT molecular complexity index is 392. The third-order valence-corrected chi connectivity index (χ3v) is 6.46. The van der Waals surface area contributed by atoms with Gasteiger partial charge in [-0.05, 0) is 44.7 Å². The van der Waals surface area contributed by atoms with Gasteiger partial charge in [-0.25, -0.2) is 4.72 Å². The number of hydrogen-bond acceptors (Lipinski definition) is 3. The van der Waals surface area contributed by atoms with Crippen molar-refractivity contribution in [2.75, 3.05) is 33.2 Å². The minimum Gasteiger partial charge on any atom is -0.319 e. The Morgan fingerprint density at radius 2 is 1.76 bits per heavy atom. The van der Waals surface area contributed by atoms with Gasteiger partial charge in [-0.1, -0.05) is 32.1 Å². The molecule has 2 N–H and O–H groups in total. The van der Waals surface area contributed by atoms with Crippen molar-refractivity contribution in [2.24, 2.45) is 11.8 Å². The zero-order valence-corrected chi connectivity index (χ0v) is 14.1. The first kappa shape index (κ1) is 17.2. The van der Waals surface area contributed by atoms with Gasteiger partial charge in [0.05, 0.1) is 0 Å². The Labute approximate surface area is 130 Å². The molecule has 1 saturated carbocycles. The van der Waals surface area contributed by atoms with Crippen molar-refractivity contribution in [1.29, 1.82) is 0 Å². The molecule has 1 unspecified atom stereocenters. The molecule has 1 atom stereocenters. The van der Waals surface area contributed by atoms with Gasteiger partial charge < -0.3 is 5.32 Å². The summed E-state index contributed by atoms with van der Waals surface area (Å²) in [5.41, 5.74) is 0. The fourth-order valence-electron chi connectivity index (χ4n) is 3.66. The summed E-state index contributed by atoms with van der Waals surface area (Å²) in [4.78, 5) is 0. The summed E-state index contributed by atoms with van der Waals surface area (Å²) >= 11 is 0. The average Bonchev–Trinajstić information content (AvgIpc) is 2.49. The monoisotopic (exact) mass is 317 g/mol. The molecular weight excluding hydrogens is 286 g/mol. The largest absolute Gasteiger partial charge is 0.319 e. The number of rotatable bonds is 7. The molecule has 2 rings (SSSR count). The van der Waals surface area contributed by atoms with E-state index in [2.05, 4.69) is 10.0 Å². The molecule has 1 saturated heterocycles.